The van der Waals surface area contributed by atoms with Gasteiger partial charge in [-0.25, -0.2) is 0 Å². The van der Waals surface area contributed by atoms with E-state index in [1.54, 1.807) is 6.08 Å². The maximum Gasteiger partial charge on any atom is 0.164 e. The Bertz CT molecular complexity index is 510. The Balaban J connectivity index is 2.15. The molecule has 110 valence electrons. The Morgan fingerprint density at radius 2 is 1.90 bits per heavy atom. The van der Waals surface area contributed by atoms with Gasteiger partial charge in [-0.05, 0) is 56.8 Å². The molecule has 2 aliphatic carbocycles. The molecular formula is C17H24O3. The molecule has 1 heterocycles. The van der Waals surface area contributed by atoms with Crippen molar-refractivity contribution < 1.29 is 14.3 Å². The predicted octanol–water partition coefficient (Wildman–Crippen LogP) is 3.40. The molecule has 0 N–H and O–H groups in total. The lowest BCUT2D eigenvalue weighted by molar-refractivity contribution is -0.141. The molecule has 0 saturated carbocycles. The van der Waals surface area contributed by atoms with Crippen LogP contribution in [0.3, 0.4) is 0 Å². The second-order valence-electron chi connectivity index (χ2n) is 7.29. The quantitative estimate of drug-likeness (QED) is 0.636. The van der Waals surface area contributed by atoms with Crippen molar-refractivity contribution in [3.8, 4) is 0 Å². The van der Waals surface area contributed by atoms with Crippen LogP contribution < -0.4 is 0 Å². The summed E-state index contributed by atoms with van der Waals surface area (Å²) in [4.78, 5) is 12.4. The van der Waals surface area contributed by atoms with Crippen molar-refractivity contribution in [1.29, 1.82) is 0 Å². The highest BCUT2D eigenvalue weighted by Gasteiger charge is 2.51. The largest absolute Gasteiger partial charge is 0.340 e. The second kappa shape index (κ2) is 4.28. The number of ketones is 1. The van der Waals surface area contributed by atoms with E-state index >= 15 is 0 Å². The topological polar surface area (TPSA) is 35.5 Å². The number of hydrogen-bond acceptors (Lipinski definition) is 3. The minimum atomic E-state index is -0.594. The molecule has 1 aliphatic heterocycles. The van der Waals surface area contributed by atoms with Gasteiger partial charge in [0.15, 0.2) is 11.6 Å². The molecule has 3 atom stereocenters. The summed E-state index contributed by atoms with van der Waals surface area (Å²) in [5.41, 5.74) is 2.49. The van der Waals surface area contributed by atoms with Crippen molar-refractivity contribution >= 4 is 5.78 Å². The van der Waals surface area contributed by atoms with Crippen LogP contribution in [0.4, 0.5) is 0 Å². The first-order chi connectivity index (χ1) is 9.22. The van der Waals surface area contributed by atoms with Crippen LogP contribution in [0.5, 0.6) is 0 Å². The molecule has 0 radical (unpaired) electrons. The molecule has 3 nitrogen and oxygen atoms in total. The summed E-state index contributed by atoms with van der Waals surface area (Å²) in [6.07, 6.45) is 5.31. The summed E-state index contributed by atoms with van der Waals surface area (Å²) in [6, 6.07) is 0. The Morgan fingerprint density at radius 3 is 2.60 bits per heavy atom. The van der Waals surface area contributed by atoms with Gasteiger partial charge in [-0.1, -0.05) is 19.4 Å². The molecule has 3 heteroatoms. The number of carbonyl (C=O) groups is 1. The smallest absolute Gasteiger partial charge is 0.164 e. The van der Waals surface area contributed by atoms with Crippen molar-refractivity contribution in [2.45, 2.75) is 65.5 Å². The average Bonchev–Trinajstić information content (AvgIpc) is 2.59. The lowest BCUT2D eigenvalue weighted by atomic mass is 9.61. The Hall–Kier alpha value is -0.930. The summed E-state index contributed by atoms with van der Waals surface area (Å²) in [5, 5.41) is 0. The molecule has 0 aromatic heterocycles. The molecule has 1 saturated heterocycles. The van der Waals surface area contributed by atoms with E-state index < -0.39 is 5.79 Å². The van der Waals surface area contributed by atoms with Crippen LogP contribution >= 0.6 is 0 Å². The van der Waals surface area contributed by atoms with Crippen molar-refractivity contribution in [3.63, 3.8) is 0 Å². The first kappa shape index (κ1) is 14.0. The molecule has 0 spiro atoms. The van der Waals surface area contributed by atoms with Gasteiger partial charge < -0.3 is 9.47 Å². The fourth-order valence-electron chi connectivity index (χ4n) is 4.16. The summed E-state index contributed by atoms with van der Waals surface area (Å²) in [5.74, 6) is -0.305. The zero-order valence-corrected chi connectivity index (χ0v) is 13.0. The van der Waals surface area contributed by atoms with Gasteiger partial charge in [0.25, 0.3) is 0 Å². The van der Waals surface area contributed by atoms with Crippen LogP contribution in [0.2, 0.25) is 0 Å². The number of allylic oxidation sites excluding steroid dienone is 2. The zero-order valence-electron chi connectivity index (χ0n) is 13.0. The third kappa shape index (κ3) is 1.99. The van der Waals surface area contributed by atoms with Gasteiger partial charge in [0, 0.05) is 5.92 Å². The number of ether oxygens (including phenoxy) is 2. The van der Waals surface area contributed by atoms with Gasteiger partial charge in [-0.3, -0.25) is 4.79 Å². The third-order valence-electron chi connectivity index (χ3n) is 5.04. The number of hydrogen-bond donors (Lipinski definition) is 0. The summed E-state index contributed by atoms with van der Waals surface area (Å²) >= 11 is 0. The van der Waals surface area contributed by atoms with E-state index in [0.717, 1.165) is 12.8 Å². The van der Waals surface area contributed by atoms with E-state index in [0.29, 0.717) is 0 Å². The first-order valence-corrected chi connectivity index (χ1v) is 7.50. The minimum Gasteiger partial charge on any atom is -0.340 e. The molecule has 0 aromatic rings. The van der Waals surface area contributed by atoms with E-state index in [1.807, 2.05) is 19.9 Å². The highest BCUT2D eigenvalue weighted by atomic mass is 16.7. The Labute approximate surface area is 121 Å². The molecular weight excluding hydrogens is 252 g/mol. The molecule has 3 unspecified atom stereocenters. The van der Waals surface area contributed by atoms with E-state index in [-0.39, 0.29) is 29.3 Å². The maximum atomic E-state index is 12.4. The Kier molecular flexibility index (Phi) is 3.00. The second-order valence-corrected chi connectivity index (χ2v) is 7.29. The van der Waals surface area contributed by atoms with Gasteiger partial charge in [0.1, 0.15) is 12.2 Å². The summed E-state index contributed by atoms with van der Waals surface area (Å²) < 4.78 is 12.1. The molecule has 20 heavy (non-hydrogen) atoms. The maximum absolute atomic E-state index is 12.4. The van der Waals surface area contributed by atoms with Gasteiger partial charge in [0.05, 0.1) is 0 Å². The van der Waals surface area contributed by atoms with Gasteiger partial charge in [0.2, 0.25) is 0 Å². The zero-order chi connectivity index (χ0) is 14.7. The molecule has 1 fully saturated rings. The van der Waals surface area contributed by atoms with Gasteiger partial charge in [-0.15, -0.1) is 0 Å². The number of fused-ring (bicyclic) bond motifs is 4. The standard InChI is InChI=1S/C17H24O3/c1-10-6-7-11-12(18)8-9-13-15(14(10)16(11,2)3)20-17(4,5)19-13/h8-9,11,13,15H,6-7H2,1-5H3/b9-8-. The average molecular weight is 276 g/mol. The third-order valence-corrected chi connectivity index (χ3v) is 5.04. The van der Waals surface area contributed by atoms with Crippen LogP contribution in [0.15, 0.2) is 23.3 Å². The van der Waals surface area contributed by atoms with Crippen molar-refractivity contribution in [2.24, 2.45) is 11.3 Å². The lowest BCUT2D eigenvalue weighted by Gasteiger charge is -2.44. The normalized spacial score (nSPS) is 40.0. The van der Waals surface area contributed by atoms with Crippen molar-refractivity contribution in [3.05, 3.63) is 23.3 Å². The highest BCUT2D eigenvalue weighted by molar-refractivity contribution is 5.93. The van der Waals surface area contributed by atoms with Crippen LogP contribution in [-0.2, 0) is 14.3 Å². The highest BCUT2D eigenvalue weighted by Crippen LogP contribution is 2.51. The van der Waals surface area contributed by atoms with Crippen LogP contribution in [0.25, 0.3) is 0 Å². The minimum absolute atomic E-state index is 0.0608. The van der Waals surface area contributed by atoms with Crippen molar-refractivity contribution in [1.82, 2.24) is 0 Å². The summed E-state index contributed by atoms with van der Waals surface area (Å²) in [7, 11) is 0. The molecule has 3 rings (SSSR count). The van der Waals surface area contributed by atoms with E-state index in [1.165, 1.54) is 11.1 Å². The molecule has 3 aliphatic rings. The van der Waals surface area contributed by atoms with Crippen LogP contribution in [-0.4, -0.2) is 23.8 Å². The van der Waals surface area contributed by atoms with Crippen LogP contribution in [0.1, 0.15) is 47.5 Å². The van der Waals surface area contributed by atoms with Gasteiger partial charge in [-0.2, -0.15) is 0 Å². The van der Waals surface area contributed by atoms with Crippen LogP contribution in [0, 0.1) is 11.3 Å². The summed E-state index contributed by atoms with van der Waals surface area (Å²) in [6.45, 7) is 10.4. The fraction of sp³-hybridized carbons (Fsp3) is 0.706. The van der Waals surface area contributed by atoms with Gasteiger partial charge >= 0.3 is 0 Å². The number of carbonyl (C=O) groups excluding carboxylic acids is 1. The SMILES string of the molecule is CC1=C2C3OC(C)(C)OC3/C=C\C(=O)C(CC1)C2(C)C. The molecule has 2 bridgehead atoms. The van der Waals surface area contributed by atoms with E-state index in [4.69, 9.17) is 9.47 Å². The lowest BCUT2D eigenvalue weighted by Crippen LogP contribution is -2.43. The Morgan fingerprint density at radius 1 is 1.20 bits per heavy atom. The molecule has 0 amide bonds. The monoisotopic (exact) mass is 276 g/mol. The number of rotatable bonds is 0. The predicted molar refractivity (Wildman–Crippen MR) is 77.2 cm³/mol. The fourth-order valence-corrected chi connectivity index (χ4v) is 4.16. The van der Waals surface area contributed by atoms with Crippen molar-refractivity contribution in [2.75, 3.05) is 0 Å². The van der Waals surface area contributed by atoms with E-state index in [9.17, 15) is 4.79 Å². The van der Waals surface area contributed by atoms with E-state index in [2.05, 4.69) is 20.8 Å². The first-order valence-electron chi connectivity index (χ1n) is 7.50. The molecule has 0 aromatic carbocycles.